The van der Waals surface area contributed by atoms with Gasteiger partial charge in [0.05, 0.1) is 0 Å². The van der Waals surface area contributed by atoms with E-state index in [1.807, 2.05) is 25.3 Å². The van der Waals surface area contributed by atoms with E-state index in [1.54, 1.807) is 0 Å². The summed E-state index contributed by atoms with van der Waals surface area (Å²) in [6, 6.07) is 9.01. The molecule has 0 aliphatic heterocycles. The third-order valence-corrected chi connectivity index (χ3v) is 24.6. The minimum absolute atomic E-state index is 0.212. The van der Waals surface area contributed by atoms with Gasteiger partial charge < -0.3 is 0 Å². The van der Waals surface area contributed by atoms with Crippen LogP contribution in [0, 0.1) is 0 Å². The van der Waals surface area contributed by atoms with Gasteiger partial charge in [0.15, 0.2) is 0 Å². The molecule has 1 aromatic carbocycles. The molecule has 0 amide bonds. The Morgan fingerprint density at radius 2 is 1.37 bits per heavy atom. The molecule has 0 spiro atoms. The van der Waals surface area contributed by atoms with E-state index in [0.717, 1.165) is 10.9 Å². The quantitative estimate of drug-likeness (QED) is 0.203. The molecule has 2 aromatic rings. The van der Waals surface area contributed by atoms with Crippen LogP contribution in [-0.2, 0) is 14.8 Å². The number of ether oxygens (including phenoxy) is 1. The Labute approximate surface area is 240 Å². The first-order valence-corrected chi connectivity index (χ1v) is 23.9. The Morgan fingerprint density at radius 1 is 0.842 bits per heavy atom. The Morgan fingerprint density at radius 3 is 1.82 bits per heavy atom. The number of fused-ring (bicyclic) bond motifs is 1. The average Bonchev–Trinajstić information content (AvgIpc) is 3.21. The topological polar surface area (TPSA) is 40.5 Å². The van der Waals surface area contributed by atoms with E-state index in [9.17, 15) is 4.79 Å². The van der Waals surface area contributed by atoms with Crippen molar-refractivity contribution in [2.45, 2.75) is 144 Å². The van der Waals surface area contributed by atoms with Gasteiger partial charge in [-0.15, -0.1) is 0 Å². The second-order valence-electron chi connectivity index (χ2n) is 14.1. The SMILES string of the molecule is CCC[CH2][Sn]([CH2]CCC)([CH2]CCC)[c]1cc2cc(C(C)(C)O[SiH2]C(C)(C)C)ccc2n1C(=O)OC(C)(C)C. The zero-order valence-electron chi connectivity index (χ0n) is 26.6. The van der Waals surface area contributed by atoms with Crippen LogP contribution in [0.15, 0.2) is 24.3 Å². The van der Waals surface area contributed by atoms with E-state index < -0.39 is 33.7 Å². The number of rotatable bonds is 13. The number of hydrogen-bond donors (Lipinski definition) is 0. The minimum atomic E-state index is -2.95. The van der Waals surface area contributed by atoms with E-state index in [4.69, 9.17) is 9.16 Å². The molecule has 0 unspecified atom stereocenters. The molecule has 1 aromatic heterocycles. The van der Waals surface area contributed by atoms with Crippen LogP contribution in [0.4, 0.5) is 4.79 Å². The van der Waals surface area contributed by atoms with Crippen molar-refractivity contribution in [1.82, 2.24) is 4.57 Å². The molecule has 0 radical (unpaired) electrons. The fourth-order valence-electron chi connectivity index (χ4n) is 5.27. The summed E-state index contributed by atoms with van der Waals surface area (Å²) in [6.07, 6.45) is 7.16. The van der Waals surface area contributed by atoms with Gasteiger partial charge in [-0.1, -0.05) is 0 Å². The fraction of sp³-hybridized carbons (Fsp3) is 0.719. The second-order valence-corrected chi connectivity index (χ2v) is 29.8. The van der Waals surface area contributed by atoms with Crippen molar-refractivity contribution in [1.29, 1.82) is 0 Å². The van der Waals surface area contributed by atoms with Crippen molar-refractivity contribution in [2.24, 2.45) is 0 Å². The van der Waals surface area contributed by atoms with Gasteiger partial charge in [-0.05, 0) is 0 Å². The first kappa shape index (κ1) is 33.4. The van der Waals surface area contributed by atoms with Crippen LogP contribution in [0.3, 0.4) is 0 Å². The maximum absolute atomic E-state index is 13.9. The van der Waals surface area contributed by atoms with Crippen LogP contribution in [0.5, 0.6) is 0 Å². The Hall–Kier alpha value is -0.794. The number of unbranched alkanes of at least 4 members (excludes halogenated alkanes) is 3. The summed E-state index contributed by atoms with van der Waals surface area (Å²) in [5.74, 6) is 0. The Kier molecular flexibility index (Phi) is 12.1. The first-order valence-electron chi connectivity index (χ1n) is 15.1. The summed E-state index contributed by atoms with van der Waals surface area (Å²) >= 11 is -2.95. The van der Waals surface area contributed by atoms with Crippen molar-refractivity contribution in [3.8, 4) is 0 Å². The number of benzene rings is 1. The first-order chi connectivity index (χ1) is 17.6. The van der Waals surface area contributed by atoms with Gasteiger partial charge in [0, 0.05) is 0 Å². The molecule has 0 fully saturated rings. The fourth-order valence-corrected chi connectivity index (χ4v) is 22.7. The van der Waals surface area contributed by atoms with E-state index >= 15 is 0 Å². The molecule has 1 heterocycles. The molecule has 4 nitrogen and oxygen atoms in total. The molecule has 0 N–H and O–H groups in total. The Balaban J connectivity index is 2.77. The van der Waals surface area contributed by atoms with E-state index in [0.29, 0.717) is 0 Å². The van der Waals surface area contributed by atoms with Crippen molar-refractivity contribution in [3.63, 3.8) is 0 Å². The number of hydrogen-bond acceptors (Lipinski definition) is 3. The third-order valence-electron chi connectivity index (χ3n) is 7.51. The molecule has 0 saturated heterocycles. The van der Waals surface area contributed by atoms with Crippen molar-refractivity contribution in [3.05, 3.63) is 29.8 Å². The number of aromatic nitrogens is 1. The molecule has 0 bridgehead atoms. The summed E-state index contributed by atoms with van der Waals surface area (Å²) in [7, 11) is -0.705. The van der Waals surface area contributed by atoms with Gasteiger partial charge in [0.1, 0.15) is 0 Å². The molecular weight excluding hydrogens is 593 g/mol. The zero-order valence-corrected chi connectivity index (χ0v) is 30.8. The summed E-state index contributed by atoms with van der Waals surface area (Å²) in [4.78, 5) is 13.9. The van der Waals surface area contributed by atoms with Crippen LogP contribution in [0.1, 0.15) is 120 Å². The molecule has 0 saturated carbocycles. The van der Waals surface area contributed by atoms with Crippen LogP contribution in [0.2, 0.25) is 18.3 Å². The van der Waals surface area contributed by atoms with Gasteiger partial charge in [0.2, 0.25) is 0 Å². The monoisotopic (exact) mass is 651 g/mol. The van der Waals surface area contributed by atoms with E-state index in [1.165, 1.54) is 61.1 Å². The molecule has 0 aliphatic rings. The van der Waals surface area contributed by atoms with Gasteiger partial charge in [-0.2, -0.15) is 0 Å². The summed E-state index contributed by atoms with van der Waals surface area (Å²) in [6.45, 7) is 24.0. The van der Waals surface area contributed by atoms with Crippen LogP contribution >= 0.6 is 0 Å². The number of nitrogens with zero attached hydrogens (tertiary/aromatic N) is 1. The van der Waals surface area contributed by atoms with Crippen LogP contribution in [-0.4, -0.2) is 44.4 Å². The molecule has 38 heavy (non-hydrogen) atoms. The molecule has 0 aliphatic carbocycles. The summed E-state index contributed by atoms with van der Waals surface area (Å²) in [5.41, 5.74) is 1.29. The third kappa shape index (κ3) is 9.12. The summed E-state index contributed by atoms with van der Waals surface area (Å²) < 4.78 is 19.9. The molecule has 6 heteroatoms. The van der Waals surface area contributed by atoms with E-state index in [-0.39, 0.29) is 16.7 Å². The zero-order chi connectivity index (χ0) is 28.8. The van der Waals surface area contributed by atoms with Gasteiger partial charge >= 0.3 is 241 Å². The van der Waals surface area contributed by atoms with Crippen molar-refractivity contribution < 1.29 is 14.0 Å². The molecule has 216 valence electrons. The molecule has 2 rings (SSSR count). The second kappa shape index (κ2) is 13.7. The Bertz CT molecular complexity index is 1020. The number of carbonyl (C=O) groups is 1. The average molecular weight is 651 g/mol. The molecular formula is C32H57NO3SiSn. The predicted molar refractivity (Wildman–Crippen MR) is 170 cm³/mol. The van der Waals surface area contributed by atoms with Crippen LogP contribution in [0.25, 0.3) is 10.9 Å². The molecule has 0 atom stereocenters. The van der Waals surface area contributed by atoms with Gasteiger partial charge in [0.25, 0.3) is 0 Å². The van der Waals surface area contributed by atoms with Crippen molar-refractivity contribution in [2.75, 3.05) is 0 Å². The standard InChI is InChI=1S/C20H30NO3Si.3C4H9.Sn/c1-18(2,3)23-17(22)21-12-11-14-13-15(9-10-16(14)21)20(7,8)24-25-19(4,5)6;3*1-3-4-2;/h9-11,13H,25H2,1-8H3;3*1,3-4H2,2H3;. The maximum atomic E-state index is 13.9. The van der Waals surface area contributed by atoms with Gasteiger partial charge in [-0.3, -0.25) is 0 Å². The van der Waals surface area contributed by atoms with Crippen molar-refractivity contribution >= 4 is 48.8 Å². The normalized spacial score (nSPS) is 13.7. The van der Waals surface area contributed by atoms with Crippen LogP contribution < -0.4 is 3.71 Å². The van der Waals surface area contributed by atoms with E-state index in [2.05, 4.69) is 79.7 Å². The summed E-state index contributed by atoms with van der Waals surface area (Å²) in [5, 5.41) is 1.39. The number of carbonyl (C=O) groups excluding carboxylic acids is 1. The van der Waals surface area contributed by atoms with Gasteiger partial charge in [-0.25, -0.2) is 0 Å². The predicted octanol–water partition coefficient (Wildman–Crippen LogP) is 9.03.